The SMILES string of the molecule is Cc1c[c-]c(-c2cc(-c3ccc(CC(C)(C)C)cc3)ccn2)cc1.[2H]C([2H])([2H])c1cnc(-c2[c-]ccc3c2oc2c3ccc3sc(C(C)(C)C)nc32)cc1C([2H])([2H])C(C)(C)C.[Ir]. The molecule has 0 atom stereocenters. The van der Waals surface area contributed by atoms with Crippen LogP contribution < -0.4 is 0 Å². The number of hydrogen-bond donors (Lipinski definition) is 0. The van der Waals surface area contributed by atoms with Gasteiger partial charge in [-0.15, -0.1) is 64.9 Å². The van der Waals surface area contributed by atoms with E-state index in [-0.39, 0.29) is 36.6 Å². The van der Waals surface area contributed by atoms with E-state index < -0.39 is 18.6 Å². The van der Waals surface area contributed by atoms with Gasteiger partial charge in [0.25, 0.3) is 0 Å². The molecule has 0 bridgehead atoms. The summed E-state index contributed by atoms with van der Waals surface area (Å²) in [7, 11) is 0. The van der Waals surface area contributed by atoms with E-state index in [2.05, 4.69) is 125 Å². The number of aryl methyl sites for hydroxylation is 2. The maximum Gasteiger partial charge on any atom is 0.148 e. The third kappa shape index (κ3) is 9.80. The van der Waals surface area contributed by atoms with Gasteiger partial charge in [-0.3, -0.25) is 0 Å². The summed E-state index contributed by atoms with van der Waals surface area (Å²) in [6.07, 6.45) is 2.31. The summed E-state index contributed by atoms with van der Waals surface area (Å²) in [6, 6.07) is 35.1. The molecular formula is C51H53IrN3OS-2. The second kappa shape index (κ2) is 16.4. The topological polar surface area (TPSA) is 51.8 Å². The van der Waals surface area contributed by atoms with Crippen molar-refractivity contribution in [3.63, 3.8) is 0 Å². The molecule has 0 spiro atoms. The van der Waals surface area contributed by atoms with Crippen LogP contribution in [0.25, 0.3) is 65.8 Å². The molecule has 0 fully saturated rings. The smallest absolute Gasteiger partial charge is 0.148 e. The summed E-state index contributed by atoms with van der Waals surface area (Å²) in [5.74, 6) is 0. The molecule has 4 aromatic carbocycles. The molecular weight excluding hydrogens is 895 g/mol. The first-order chi connectivity index (χ1) is 28.4. The molecule has 8 aromatic rings. The number of hydrogen-bond acceptors (Lipinski definition) is 5. The number of furan rings is 1. The number of rotatable bonds is 5. The zero-order valence-electron chi connectivity index (χ0n) is 39.4. The number of thiazole rings is 1. The summed E-state index contributed by atoms with van der Waals surface area (Å²) in [5, 5.41) is 2.82. The predicted octanol–water partition coefficient (Wildman–Crippen LogP) is 14.4. The van der Waals surface area contributed by atoms with Crippen LogP contribution in [0.5, 0.6) is 0 Å². The van der Waals surface area contributed by atoms with Crippen molar-refractivity contribution < 1.29 is 31.4 Å². The second-order valence-electron chi connectivity index (χ2n) is 17.9. The van der Waals surface area contributed by atoms with Gasteiger partial charge in [-0.05, 0) is 76.3 Å². The molecule has 0 amide bonds. The molecule has 0 unspecified atom stereocenters. The first-order valence-corrected chi connectivity index (χ1v) is 19.9. The minimum absolute atomic E-state index is 0. The fraction of sp³-hybridized carbons (Fsp3) is 0.314. The van der Waals surface area contributed by atoms with Crippen molar-refractivity contribution in [3.8, 4) is 33.6 Å². The van der Waals surface area contributed by atoms with Gasteiger partial charge >= 0.3 is 0 Å². The minimum atomic E-state index is -2.50. The Morgan fingerprint density at radius 3 is 2.19 bits per heavy atom. The number of pyridine rings is 2. The maximum absolute atomic E-state index is 8.84. The Bertz CT molecular complexity index is 2860. The molecule has 0 aliphatic carbocycles. The van der Waals surface area contributed by atoms with E-state index in [0.717, 1.165) is 43.7 Å². The third-order valence-corrected chi connectivity index (χ3v) is 10.7. The second-order valence-corrected chi connectivity index (χ2v) is 18.9. The molecule has 0 N–H and O–H groups in total. The average molecular weight is 953 g/mol. The molecule has 4 aromatic heterocycles. The van der Waals surface area contributed by atoms with Crippen molar-refractivity contribution >= 4 is 43.5 Å². The Labute approximate surface area is 363 Å². The van der Waals surface area contributed by atoms with E-state index >= 15 is 0 Å². The Morgan fingerprint density at radius 2 is 1.53 bits per heavy atom. The van der Waals surface area contributed by atoms with E-state index in [1.54, 1.807) is 44.2 Å². The van der Waals surface area contributed by atoms with Crippen LogP contribution in [0.1, 0.15) is 96.4 Å². The van der Waals surface area contributed by atoms with Gasteiger partial charge < -0.3 is 14.4 Å². The Morgan fingerprint density at radius 1 is 0.772 bits per heavy atom. The summed E-state index contributed by atoms with van der Waals surface area (Å²) < 4.78 is 49.1. The summed E-state index contributed by atoms with van der Waals surface area (Å²) in [4.78, 5) is 13.9. The van der Waals surface area contributed by atoms with E-state index in [4.69, 9.17) is 16.3 Å². The molecule has 0 saturated carbocycles. The monoisotopic (exact) mass is 953 g/mol. The van der Waals surface area contributed by atoms with E-state index in [1.165, 1.54) is 28.5 Å². The van der Waals surface area contributed by atoms with Crippen molar-refractivity contribution in [1.82, 2.24) is 15.0 Å². The average Bonchev–Trinajstić information content (AvgIpc) is 3.80. The number of nitrogens with zero attached hydrogens (tertiary/aromatic N) is 3. The van der Waals surface area contributed by atoms with E-state index in [0.29, 0.717) is 27.8 Å². The Kier molecular flexibility index (Phi) is 10.3. The molecule has 57 heavy (non-hydrogen) atoms. The number of benzene rings is 4. The first kappa shape index (κ1) is 35.7. The van der Waals surface area contributed by atoms with Crippen molar-refractivity contribution in [2.45, 2.75) is 94.3 Å². The van der Waals surface area contributed by atoms with Crippen LogP contribution in [-0.2, 0) is 38.3 Å². The van der Waals surface area contributed by atoms with Crippen molar-refractivity contribution in [2.24, 2.45) is 10.8 Å². The third-order valence-electron chi connectivity index (χ3n) is 9.30. The fourth-order valence-electron chi connectivity index (χ4n) is 6.65. The van der Waals surface area contributed by atoms with Crippen LogP contribution in [0.3, 0.4) is 0 Å². The summed E-state index contributed by atoms with van der Waals surface area (Å²) in [5.41, 5.74) is 9.42. The molecule has 0 saturated heterocycles. The van der Waals surface area contributed by atoms with Crippen LogP contribution in [0.15, 0.2) is 102 Å². The van der Waals surface area contributed by atoms with Crippen LogP contribution >= 0.6 is 11.3 Å². The summed E-state index contributed by atoms with van der Waals surface area (Å²) >= 11 is 1.65. The number of fused-ring (bicyclic) bond motifs is 5. The zero-order valence-corrected chi connectivity index (χ0v) is 37.6. The molecule has 295 valence electrons. The molecule has 6 heteroatoms. The van der Waals surface area contributed by atoms with E-state index in [1.807, 2.05) is 24.4 Å². The standard InChI is InChI=1S/C28H29N2OS.C23H24N.Ir/c1-16-15-29-21(13-17(16)14-27(2,3)4)20-10-8-9-18-19-11-12-22-23(25(19)31-24(18)20)30-26(32-22)28(5,6)7;1-17-5-9-20(10-6-17)22-15-21(13-14-24-22)19-11-7-18(8-12-19)16-23(2,3)4;/h8-9,11-13,15H,14H2,1-7H3;5-9,11-15H,16H2,1-4H3;/q2*-1;/i1D3,14D2;;. The van der Waals surface area contributed by atoms with Gasteiger partial charge in [0.2, 0.25) is 0 Å². The van der Waals surface area contributed by atoms with Crippen LogP contribution in [-0.4, -0.2) is 15.0 Å². The van der Waals surface area contributed by atoms with Gasteiger partial charge in [0.1, 0.15) is 11.1 Å². The van der Waals surface area contributed by atoms with Crippen LogP contribution in [0, 0.1) is 36.7 Å². The molecule has 8 rings (SSSR count). The molecule has 4 heterocycles. The van der Waals surface area contributed by atoms with Gasteiger partial charge in [-0.1, -0.05) is 128 Å². The largest absolute Gasteiger partial charge is 0.498 e. The summed E-state index contributed by atoms with van der Waals surface area (Å²) in [6.45, 7) is 18.1. The Hall–Kier alpha value is -4.48. The van der Waals surface area contributed by atoms with E-state index in [9.17, 15) is 0 Å². The molecule has 0 aliphatic rings. The fourth-order valence-corrected chi connectivity index (χ4v) is 7.67. The van der Waals surface area contributed by atoms with Gasteiger partial charge in [-0.2, -0.15) is 0 Å². The van der Waals surface area contributed by atoms with Crippen LogP contribution in [0.4, 0.5) is 0 Å². The molecule has 1 radical (unpaired) electrons. The molecule has 0 aliphatic heterocycles. The van der Waals surface area contributed by atoms with Crippen molar-refractivity contribution in [1.29, 1.82) is 0 Å². The predicted molar refractivity (Wildman–Crippen MR) is 237 cm³/mol. The van der Waals surface area contributed by atoms with Gasteiger partial charge in [0.05, 0.1) is 15.3 Å². The quantitative estimate of drug-likeness (QED) is 0.161. The normalized spacial score (nSPS) is 13.9. The first-order valence-electron chi connectivity index (χ1n) is 21.6. The van der Waals surface area contributed by atoms with Gasteiger partial charge in [0.15, 0.2) is 0 Å². The Balaban J connectivity index is 0.000000222. The van der Waals surface area contributed by atoms with Gasteiger partial charge in [-0.25, -0.2) is 4.98 Å². The molecule has 4 nitrogen and oxygen atoms in total. The minimum Gasteiger partial charge on any atom is -0.498 e. The van der Waals surface area contributed by atoms with Gasteiger partial charge in [0, 0.05) is 50.2 Å². The maximum atomic E-state index is 8.84. The van der Waals surface area contributed by atoms with Crippen molar-refractivity contribution in [3.05, 3.63) is 137 Å². The van der Waals surface area contributed by atoms with Crippen LogP contribution in [0.2, 0.25) is 0 Å². The number of aromatic nitrogens is 3. The van der Waals surface area contributed by atoms with Crippen molar-refractivity contribution in [2.75, 3.05) is 0 Å². The zero-order chi connectivity index (χ0) is 44.3.